The van der Waals surface area contributed by atoms with Crippen molar-refractivity contribution in [3.63, 3.8) is 0 Å². The van der Waals surface area contributed by atoms with E-state index in [0.717, 1.165) is 29.3 Å². The van der Waals surface area contributed by atoms with Crippen LogP contribution in [0.2, 0.25) is 0 Å². The van der Waals surface area contributed by atoms with E-state index in [1.165, 1.54) is 0 Å². The third-order valence-electron chi connectivity index (χ3n) is 4.13. The van der Waals surface area contributed by atoms with Gasteiger partial charge in [-0.05, 0) is 29.3 Å². The monoisotopic (exact) mass is 353 g/mol. The van der Waals surface area contributed by atoms with Crippen LogP contribution in [0.4, 0.5) is 8.78 Å². The summed E-state index contributed by atoms with van der Waals surface area (Å²) in [5, 5.41) is 10.6. The molecule has 0 aliphatic heterocycles. The summed E-state index contributed by atoms with van der Waals surface area (Å²) in [6.07, 6.45) is 0.694. The number of aliphatic hydroxyl groups is 1. The molecule has 0 heterocycles. The van der Waals surface area contributed by atoms with Gasteiger partial charge < -0.3 is 5.11 Å². The fourth-order valence-corrected chi connectivity index (χ4v) is 4.17. The quantitative estimate of drug-likeness (QED) is 0.863. The van der Waals surface area contributed by atoms with Crippen LogP contribution in [0, 0.1) is 11.6 Å². The smallest absolute Gasteiger partial charge is 0.215 e. The number of nitrogens with one attached hydrogen (secondary N) is 1. The fourth-order valence-electron chi connectivity index (χ4n) is 2.95. The Morgan fingerprint density at radius 3 is 2.33 bits per heavy atom. The van der Waals surface area contributed by atoms with Crippen LogP contribution in [-0.2, 0) is 28.6 Å². The lowest BCUT2D eigenvalue weighted by Gasteiger charge is -2.22. The fraction of sp³-hybridized carbons (Fsp3) is 0.294. The minimum atomic E-state index is -3.90. The molecule has 0 bridgehead atoms. The Morgan fingerprint density at radius 2 is 1.71 bits per heavy atom. The van der Waals surface area contributed by atoms with Gasteiger partial charge in [0.05, 0.1) is 11.4 Å². The van der Waals surface area contributed by atoms with Gasteiger partial charge in [-0.3, -0.25) is 0 Å². The summed E-state index contributed by atoms with van der Waals surface area (Å²) < 4.78 is 53.3. The predicted octanol–water partition coefficient (Wildman–Crippen LogP) is 1.91. The zero-order chi connectivity index (χ0) is 17.4. The molecule has 128 valence electrons. The molecule has 1 aliphatic rings. The standard InChI is InChI=1S/C17H17F2NO3S/c18-15-5-6-16(19)14(7-15)10-24(22,23)20-11-17(21)8-12-3-1-2-4-13(12)9-17/h1-7,20-21H,8-11H2. The first kappa shape index (κ1) is 17.0. The summed E-state index contributed by atoms with van der Waals surface area (Å²) in [6, 6.07) is 10.2. The van der Waals surface area contributed by atoms with Gasteiger partial charge in [0, 0.05) is 24.9 Å². The molecule has 2 N–H and O–H groups in total. The lowest BCUT2D eigenvalue weighted by atomic mass is 10.0. The molecule has 2 aromatic carbocycles. The Morgan fingerprint density at radius 1 is 1.08 bits per heavy atom. The molecular formula is C17H17F2NO3S. The first-order valence-electron chi connectivity index (χ1n) is 7.47. The van der Waals surface area contributed by atoms with Crippen LogP contribution < -0.4 is 4.72 Å². The molecular weight excluding hydrogens is 336 g/mol. The highest BCUT2D eigenvalue weighted by molar-refractivity contribution is 7.88. The van der Waals surface area contributed by atoms with Gasteiger partial charge in [0.25, 0.3) is 0 Å². The number of fused-ring (bicyclic) bond motifs is 1. The van der Waals surface area contributed by atoms with Crippen LogP contribution in [0.3, 0.4) is 0 Å². The molecule has 0 fully saturated rings. The number of hydrogen-bond acceptors (Lipinski definition) is 3. The van der Waals surface area contributed by atoms with Crippen molar-refractivity contribution in [2.45, 2.75) is 24.2 Å². The van der Waals surface area contributed by atoms with E-state index in [4.69, 9.17) is 0 Å². The highest BCUT2D eigenvalue weighted by Gasteiger charge is 2.35. The van der Waals surface area contributed by atoms with E-state index in [0.29, 0.717) is 12.8 Å². The van der Waals surface area contributed by atoms with Gasteiger partial charge in [-0.1, -0.05) is 24.3 Å². The van der Waals surface area contributed by atoms with Gasteiger partial charge in [-0.2, -0.15) is 0 Å². The molecule has 0 radical (unpaired) electrons. The number of rotatable bonds is 5. The number of sulfonamides is 1. The van der Waals surface area contributed by atoms with Gasteiger partial charge in [-0.25, -0.2) is 21.9 Å². The van der Waals surface area contributed by atoms with Crippen molar-refractivity contribution in [1.82, 2.24) is 4.72 Å². The van der Waals surface area contributed by atoms with E-state index in [1.54, 1.807) is 0 Å². The van der Waals surface area contributed by atoms with Crippen molar-refractivity contribution in [1.29, 1.82) is 0 Å². The number of hydrogen-bond donors (Lipinski definition) is 2. The summed E-state index contributed by atoms with van der Waals surface area (Å²) in [5.74, 6) is -2.17. The Bertz CT molecular complexity index is 843. The largest absolute Gasteiger partial charge is 0.388 e. The van der Waals surface area contributed by atoms with Crippen molar-refractivity contribution in [2.75, 3.05) is 6.54 Å². The lowest BCUT2D eigenvalue weighted by molar-refractivity contribution is 0.0567. The van der Waals surface area contributed by atoms with Crippen molar-refractivity contribution < 1.29 is 22.3 Å². The summed E-state index contributed by atoms with van der Waals surface area (Å²) in [6.45, 7) is -0.180. The van der Waals surface area contributed by atoms with Crippen molar-refractivity contribution in [3.05, 3.63) is 70.8 Å². The minimum absolute atomic E-state index is 0.180. The average Bonchev–Trinajstić information content (AvgIpc) is 2.86. The van der Waals surface area contributed by atoms with Crippen molar-refractivity contribution in [2.24, 2.45) is 0 Å². The van der Waals surface area contributed by atoms with E-state index >= 15 is 0 Å². The van der Waals surface area contributed by atoms with E-state index < -0.39 is 33.0 Å². The van der Waals surface area contributed by atoms with Gasteiger partial charge in [0.15, 0.2) is 0 Å². The normalized spacial score (nSPS) is 16.1. The van der Waals surface area contributed by atoms with Gasteiger partial charge in [0.2, 0.25) is 10.0 Å². The second-order valence-corrected chi connectivity index (χ2v) is 7.97. The first-order valence-corrected chi connectivity index (χ1v) is 9.12. The highest BCUT2D eigenvalue weighted by atomic mass is 32.2. The maximum Gasteiger partial charge on any atom is 0.215 e. The van der Waals surface area contributed by atoms with Gasteiger partial charge >= 0.3 is 0 Å². The molecule has 0 spiro atoms. The van der Waals surface area contributed by atoms with Crippen LogP contribution in [0.5, 0.6) is 0 Å². The number of halogens is 2. The summed E-state index contributed by atoms with van der Waals surface area (Å²) in [7, 11) is -3.90. The zero-order valence-corrected chi connectivity index (χ0v) is 13.6. The van der Waals surface area contributed by atoms with Gasteiger partial charge in [-0.15, -0.1) is 0 Å². The van der Waals surface area contributed by atoms with Crippen LogP contribution in [-0.4, -0.2) is 25.7 Å². The molecule has 24 heavy (non-hydrogen) atoms. The molecule has 0 saturated carbocycles. The summed E-state index contributed by atoms with van der Waals surface area (Å²) in [4.78, 5) is 0. The molecule has 3 rings (SSSR count). The summed E-state index contributed by atoms with van der Waals surface area (Å²) >= 11 is 0. The Labute approximate surface area is 139 Å². The zero-order valence-electron chi connectivity index (χ0n) is 12.8. The molecule has 0 unspecified atom stereocenters. The molecule has 4 nitrogen and oxygen atoms in total. The third kappa shape index (κ3) is 3.80. The van der Waals surface area contributed by atoms with Gasteiger partial charge in [0.1, 0.15) is 11.6 Å². The molecule has 0 saturated heterocycles. The predicted molar refractivity (Wildman–Crippen MR) is 85.8 cm³/mol. The lowest BCUT2D eigenvalue weighted by Crippen LogP contribution is -2.44. The van der Waals surface area contributed by atoms with Crippen LogP contribution in [0.1, 0.15) is 16.7 Å². The van der Waals surface area contributed by atoms with E-state index in [-0.39, 0.29) is 12.1 Å². The second-order valence-electron chi connectivity index (χ2n) is 6.16. The van der Waals surface area contributed by atoms with E-state index in [1.807, 2.05) is 24.3 Å². The molecule has 7 heteroatoms. The molecule has 0 amide bonds. The first-order chi connectivity index (χ1) is 11.3. The maximum atomic E-state index is 13.6. The summed E-state index contributed by atoms with van der Waals surface area (Å²) in [5.41, 5.74) is 0.506. The topological polar surface area (TPSA) is 66.4 Å². The highest BCUT2D eigenvalue weighted by Crippen LogP contribution is 2.29. The Kier molecular flexibility index (Phi) is 4.42. The molecule has 1 aliphatic carbocycles. The Hall–Kier alpha value is -1.83. The minimum Gasteiger partial charge on any atom is -0.388 e. The molecule has 0 aromatic heterocycles. The SMILES string of the molecule is O=S(=O)(Cc1cc(F)ccc1F)NCC1(O)Cc2ccccc2C1. The van der Waals surface area contributed by atoms with Crippen LogP contribution in [0.15, 0.2) is 42.5 Å². The maximum absolute atomic E-state index is 13.6. The van der Waals surface area contributed by atoms with Crippen LogP contribution in [0.25, 0.3) is 0 Å². The Balaban J connectivity index is 1.67. The van der Waals surface area contributed by atoms with Crippen molar-refractivity contribution >= 4 is 10.0 Å². The van der Waals surface area contributed by atoms with E-state index in [9.17, 15) is 22.3 Å². The molecule has 2 aromatic rings. The second kappa shape index (κ2) is 6.23. The average molecular weight is 353 g/mol. The van der Waals surface area contributed by atoms with Crippen molar-refractivity contribution in [3.8, 4) is 0 Å². The third-order valence-corrected chi connectivity index (χ3v) is 5.41. The number of benzene rings is 2. The van der Waals surface area contributed by atoms with Crippen LogP contribution >= 0.6 is 0 Å². The molecule has 0 atom stereocenters. The van der Waals surface area contributed by atoms with E-state index in [2.05, 4.69) is 4.72 Å².